The Morgan fingerprint density at radius 1 is 1.04 bits per heavy atom. The second kappa shape index (κ2) is 8.43. The molecule has 0 aliphatic heterocycles. The van der Waals surface area contributed by atoms with Crippen LogP contribution in [0.1, 0.15) is 31.8 Å². The van der Waals surface area contributed by atoms with Crippen LogP contribution < -0.4 is 0 Å². The van der Waals surface area contributed by atoms with E-state index in [1.807, 2.05) is 26.0 Å². The van der Waals surface area contributed by atoms with E-state index in [0.29, 0.717) is 10.0 Å². The third-order valence-electron chi connectivity index (χ3n) is 4.01. The highest BCUT2D eigenvalue weighted by atomic mass is 32.2. The van der Waals surface area contributed by atoms with Crippen LogP contribution in [0.3, 0.4) is 0 Å². The number of esters is 1. The van der Waals surface area contributed by atoms with Gasteiger partial charge in [0.15, 0.2) is 6.61 Å². The zero-order valence-electron chi connectivity index (χ0n) is 15.6. The summed E-state index contributed by atoms with van der Waals surface area (Å²) in [7, 11) is -1.30. The Hall–Kier alpha value is -2.55. The molecule has 0 aliphatic carbocycles. The van der Waals surface area contributed by atoms with E-state index >= 15 is 0 Å². The highest BCUT2D eigenvalue weighted by Crippen LogP contribution is 2.16. The Morgan fingerprint density at radius 3 is 2.26 bits per heavy atom. The number of ketones is 1. The van der Waals surface area contributed by atoms with Gasteiger partial charge in [-0.3, -0.25) is 9.63 Å². The van der Waals surface area contributed by atoms with Gasteiger partial charge in [-0.25, -0.2) is 13.2 Å². The first-order valence-corrected chi connectivity index (χ1v) is 9.51. The minimum atomic E-state index is -3.80. The van der Waals surface area contributed by atoms with Gasteiger partial charge in [-0.15, -0.1) is 0 Å². The molecule has 0 radical (unpaired) electrons. The van der Waals surface area contributed by atoms with Crippen molar-refractivity contribution in [2.75, 3.05) is 20.8 Å². The lowest BCUT2D eigenvalue weighted by Gasteiger charge is -2.14. The van der Waals surface area contributed by atoms with Crippen LogP contribution in [0.2, 0.25) is 0 Å². The van der Waals surface area contributed by atoms with Gasteiger partial charge in [0.25, 0.3) is 10.0 Å². The van der Waals surface area contributed by atoms with Crippen LogP contribution in [0, 0.1) is 13.8 Å². The topological polar surface area (TPSA) is 90.0 Å². The van der Waals surface area contributed by atoms with Crippen molar-refractivity contribution in [2.45, 2.75) is 18.7 Å². The van der Waals surface area contributed by atoms with Gasteiger partial charge >= 0.3 is 5.97 Å². The number of hydrogen-bond donors (Lipinski definition) is 0. The summed E-state index contributed by atoms with van der Waals surface area (Å²) in [5.74, 6) is -1.01. The molecule has 0 saturated heterocycles. The van der Waals surface area contributed by atoms with Gasteiger partial charge in [-0.05, 0) is 49.7 Å². The molecule has 0 bridgehead atoms. The number of sulfonamides is 1. The van der Waals surface area contributed by atoms with E-state index in [1.54, 1.807) is 6.07 Å². The Labute approximate surface area is 158 Å². The number of hydroxylamine groups is 1. The summed E-state index contributed by atoms with van der Waals surface area (Å²) in [6, 6.07) is 10.7. The molecule has 7 nitrogen and oxygen atoms in total. The Morgan fingerprint density at radius 2 is 1.67 bits per heavy atom. The maximum atomic E-state index is 12.3. The molecule has 0 unspecified atom stereocenters. The summed E-state index contributed by atoms with van der Waals surface area (Å²) in [4.78, 5) is 29.1. The van der Waals surface area contributed by atoms with Crippen LogP contribution >= 0.6 is 0 Å². The summed E-state index contributed by atoms with van der Waals surface area (Å²) >= 11 is 0. The summed E-state index contributed by atoms with van der Waals surface area (Å²) in [5, 5.41) is 0. The van der Waals surface area contributed by atoms with Crippen molar-refractivity contribution in [1.29, 1.82) is 0 Å². The molecular weight excluding hydrogens is 370 g/mol. The molecule has 0 amide bonds. The van der Waals surface area contributed by atoms with E-state index < -0.39 is 22.6 Å². The summed E-state index contributed by atoms with van der Waals surface area (Å²) in [6.07, 6.45) is 0. The second-order valence-electron chi connectivity index (χ2n) is 5.94. The van der Waals surface area contributed by atoms with E-state index in [0.717, 1.165) is 11.1 Å². The normalized spacial score (nSPS) is 11.4. The molecule has 0 N–H and O–H groups in total. The SMILES string of the molecule is CON(C)S(=O)(=O)c1ccc(C(=O)OCC(=O)c2cc(C)ccc2C)cc1. The van der Waals surface area contributed by atoms with E-state index in [2.05, 4.69) is 4.84 Å². The predicted octanol–water partition coefficient (Wildman–Crippen LogP) is 2.53. The van der Waals surface area contributed by atoms with Crippen LogP contribution in [-0.4, -0.2) is 45.4 Å². The minimum absolute atomic E-state index is 0.0325. The van der Waals surface area contributed by atoms with Crippen molar-refractivity contribution in [2.24, 2.45) is 0 Å². The van der Waals surface area contributed by atoms with Gasteiger partial charge in [-0.1, -0.05) is 22.2 Å². The van der Waals surface area contributed by atoms with Gasteiger partial charge in [0, 0.05) is 12.6 Å². The molecule has 144 valence electrons. The van der Waals surface area contributed by atoms with Gasteiger partial charge in [0.05, 0.1) is 17.6 Å². The fourth-order valence-corrected chi connectivity index (χ4v) is 3.31. The van der Waals surface area contributed by atoms with E-state index in [9.17, 15) is 18.0 Å². The largest absolute Gasteiger partial charge is 0.454 e. The number of aryl methyl sites for hydroxylation is 2. The number of benzene rings is 2. The van der Waals surface area contributed by atoms with Gasteiger partial charge in [0.2, 0.25) is 5.78 Å². The molecule has 0 aliphatic rings. The molecule has 2 rings (SSSR count). The zero-order chi connectivity index (χ0) is 20.2. The van der Waals surface area contributed by atoms with Crippen molar-refractivity contribution in [3.8, 4) is 0 Å². The standard InChI is InChI=1S/C19H21NO6S/c1-13-5-6-14(2)17(11-13)18(21)12-26-19(22)15-7-9-16(10-8-15)27(23,24)20(3)25-4/h5-11H,12H2,1-4H3. The lowest BCUT2D eigenvalue weighted by Crippen LogP contribution is -2.25. The molecule has 2 aromatic carbocycles. The van der Waals surface area contributed by atoms with Gasteiger partial charge < -0.3 is 4.74 Å². The average Bonchev–Trinajstić information content (AvgIpc) is 2.66. The maximum absolute atomic E-state index is 12.3. The van der Waals surface area contributed by atoms with Crippen LogP contribution in [0.4, 0.5) is 0 Å². The van der Waals surface area contributed by atoms with Crippen LogP contribution in [0.15, 0.2) is 47.4 Å². The number of carbonyl (C=O) groups is 2. The van der Waals surface area contributed by atoms with E-state index in [1.165, 1.54) is 38.4 Å². The maximum Gasteiger partial charge on any atom is 0.338 e. The fraction of sp³-hybridized carbons (Fsp3) is 0.263. The summed E-state index contributed by atoms with van der Waals surface area (Å²) in [5.41, 5.74) is 2.39. The predicted molar refractivity (Wildman–Crippen MR) is 98.9 cm³/mol. The quantitative estimate of drug-likeness (QED) is 0.409. The van der Waals surface area contributed by atoms with Gasteiger partial charge in [0.1, 0.15) is 0 Å². The zero-order valence-corrected chi connectivity index (χ0v) is 16.4. The number of carbonyl (C=O) groups excluding carboxylic acids is 2. The van der Waals surface area contributed by atoms with Crippen molar-refractivity contribution in [1.82, 2.24) is 4.47 Å². The Kier molecular flexibility index (Phi) is 6.48. The Balaban J connectivity index is 2.06. The Bertz CT molecular complexity index is 951. The van der Waals surface area contributed by atoms with E-state index in [-0.39, 0.29) is 16.2 Å². The van der Waals surface area contributed by atoms with Crippen LogP contribution in [0.25, 0.3) is 0 Å². The first kappa shape index (κ1) is 20.8. The third kappa shape index (κ3) is 4.79. The lowest BCUT2D eigenvalue weighted by molar-refractivity contribution is -0.0258. The molecule has 0 atom stereocenters. The molecule has 0 saturated carbocycles. The number of hydrogen-bond acceptors (Lipinski definition) is 6. The third-order valence-corrected chi connectivity index (χ3v) is 5.71. The highest BCUT2D eigenvalue weighted by molar-refractivity contribution is 7.89. The molecule has 0 spiro atoms. The average molecular weight is 391 g/mol. The minimum Gasteiger partial charge on any atom is -0.454 e. The van der Waals surface area contributed by atoms with Crippen molar-refractivity contribution < 1.29 is 27.6 Å². The monoisotopic (exact) mass is 391 g/mol. The molecule has 0 heterocycles. The van der Waals surface area contributed by atoms with Crippen molar-refractivity contribution >= 4 is 21.8 Å². The second-order valence-corrected chi connectivity index (χ2v) is 7.88. The summed E-state index contributed by atoms with van der Waals surface area (Å²) in [6.45, 7) is 3.29. The first-order valence-electron chi connectivity index (χ1n) is 8.07. The van der Waals surface area contributed by atoms with E-state index in [4.69, 9.17) is 4.74 Å². The summed E-state index contributed by atoms with van der Waals surface area (Å²) < 4.78 is 30.0. The molecule has 0 aromatic heterocycles. The van der Waals surface area contributed by atoms with Crippen molar-refractivity contribution in [3.05, 3.63) is 64.7 Å². The molecule has 8 heteroatoms. The number of rotatable bonds is 7. The fourth-order valence-electron chi connectivity index (χ4n) is 2.34. The number of Topliss-reactive ketones (excluding diaryl/α,β-unsaturated/α-hetero) is 1. The highest BCUT2D eigenvalue weighted by Gasteiger charge is 2.21. The van der Waals surface area contributed by atoms with Crippen molar-refractivity contribution in [3.63, 3.8) is 0 Å². The number of ether oxygens (including phenoxy) is 1. The van der Waals surface area contributed by atoms with Crippen LogP contribution in [-0.2, 0) is 19.6 Å². The lowest BCUT2D eigenvalue weighted by atomic mass is 10.0. The number of nitrogens with zero attached hydrogens (tertiary/aromatic N) is 1. The first-order chi connectivity index (χ1) is 12.7. The molecule has 2 aromatic rings. The molecule has 27 heavy (non-hydrogen) atoms. The smallest absolute Gasteiger partial charge is 0.338 e. The molecular formula is C19H21NO6S. The van der Waals surface area contributed by atoms with Crippen LogP contribution in [0.5, 0.6) is 0 Å². The van der Waals surface area contributed by atoms with Gasteiger partial charge in [-0.2, -0.15) is 0 Å². The molecule has 0 fully saturated rings.